The van der Waals surface area contributed by atoms with Crippen LogP contribution in [0.25, 0.3) is 5.82 Å². The fourth-order valence-corrected chi connectivity index (χ4v) is 5.64. The van der Waals surface area contributed by atoms with Crippen LogP contribution in [-0.2, 0) is 5.54 Å². The van der Waals surface area contributed by atoms with Crippen molar-refractivity contribution in [1.29, 1.82) is 0 Å². The quantitative estimate of drug-likeness (QED) is 0.632. The van der Waals surface area contributed by atoms with Crippen LogP contribution in [-0.4, -0.2) is 45.0 Å². The van der Waals surface area contributed by atoms with Crippen LogP contribution in [0.1, 0.15) is 47.7 Å². The van der Waals surface area contributed by atoms with Crippen LogP contribution in [0.15, 0.2) is 42.2 Å². The smallest absolute Gasteiger partial charge is 0.265 e. The lowest BCUT2D eigenvalue weighted by molar-refractivity contribution is 0.0785. The van der Waals surface area contributed by atoms with Crippen LogP contribution >= 0.6 is 11.3 Å². The molecule has 2 aliphatic heterocycles. The molecule has 2 aliphatic rings. The van der Waals surface area contributed by atoms with Crippen molar-refractivity contribution in [3.8, 4) is 5.82 Å². The minimum atomic E-state index is -0.233. The molecule has 0 unspecified atom stereocenters. The van der Waals surface area contributed by atoms with E-state index in [2.05, 4.69) is 52.7 Å². The molecular formula is C23H27N5OS. The molecule has 7 heteroatoms. The Morgan fingerprint density at radius 1 is 1.27 bits per heavy atom. The van der Waals surface area contributed by atoms with Crippen molar-refractivity contribution >= 4 is 22.9 Å². The lowest BCUT2D eigenvalue weighted by Crippen LogP contribution is -2.53. The van der Waals surface area contributed by atoms with E-state index in [1.807, 2.05) is 24.1 Å². The van der Waals surface area contributed by atoms with E-state index in [1.165, 1.54) is 17.0 Å². The predicted octanol–water partition coefficient (Wildman–Crippen LogP) is 4.24. The molecule has 30 heavy (non-hydrogen) atoms. The molecule has 0 saturated carbocycles. The van der Waals surface area contributed by atoms with Crippen molar-refractivity contribution in [2.45, 2.75) is 39.2 Å². The van der Waals surface area contributed by atoms with Gasteiger partial charge in [-0.25, -0.2) is 9.97 Å². The number of likely N-dealkylation sites (tertiary alicyclic amines) is 1. The second-order valence-corrected chi connectivity index (χ2v) is 9.57. The van der Waals surface area contributed by atoms with E-state index in [-0.39, 0.29) is 11.4 Å². The van der Waals surface area contributed by atoms with Crippen molar-refractivity contribution in [2.75, 3.05) is 24.5 Å². The first-order valence-electron chi connectivity index (χ1n) is 10.6. The number of rotatable bonds is 4. The summed E-state index contributed by atoms with van der Waals surface area (Å²) in [5.74, 6) is 1.69. The maximum Gasteiger partial charge on any atom is 0.265 e. The van der Waals surface area contributed by atoms with E-state index in [4.69, 9.17) is 4.98 Å². The number of nitrogens with zero attached hydrogens (tertiary/aromatic N) is 5. The van der Waals surface area contributed by atoms with Gasteiger partial charge in [-0.05, 0) is 49.9 Å². The van der Waals surface area contributed by atoms with Gasteiger partial charge < -0.3 is 14.4 Å². The molecule has 5 rings (SSSR count). The largest absolute Gasteiger partial charge is 0.355 e. The summed E-state index contributed by atoms with van der Waals surface area (Å²) in [7, 11) is 0. The van der Waals surface area contributed by atoms with Crippen molar-refractivity contribution in [2.24, 2.45) is 5.92 Å². The molecule has 0 aliphatic carbocycles. The van der Waals surface area contributed by atoms with Gasteiger partial charge in [0.25, 0.3) is 5.91 Å². The number of carbonyl (C=O) groups is 1. The molecule has 1 atom stereocenters. The summed E-state index contributed by atoms with van der Waals surface area (Å²) >= 11 is 1.44. The number of hydrogen-bond acceptors (Lipinski definition) is 5. The second-order valence-electron chi connectivity index (χ2n) is 8.72. The maximum absolute atomic E-state index is 13.3. The Balaban J connectivity index is 1.57. The van der Waals surface area contributed by atoms with Crippen molar-refractivity contribution in [3.63, 3.8) is 0 Å². The lowest BCUT2D eigenvalue weighted by Gasteiger charge is -2.47. The van der Waals surface area contributed by atoms with Gasteiger partial charge in [-0.15, -0.1) is 11.3 Å². The Kier molecular flexibility index (Phi) is 4.65. The predicted molar refractivity (Wildman–Crippen MR) is 119 cm³/mol. The Hall–Kier alpha value is -2.67. The molecule has 0 radical (unpaired) electrons. The first-order chi connectivity index (χ1) is 14.5. The minimum Gasteiger partial charge on any atom is -0.355 e. The number of anilines is 1. The van der Waals surface area contributed by atoms with Crippen LogP contribution in [0.5, 0.6) is 0 Å². The molecule has 0 aromatic carbocycles. The van der Waals surface area contributed by atoms with Gasteiger partial charge in [0.05, 0.1) is 22.6 Å². The number of aromatic nitrogens is 3. The fraction of sp³-hybridized carbons (Fsp3) is 0.435. The van der Waals surface area contributed by atoms with E-state index in [0.29, 0.717) is 12.5 Å². The van der Waals surface area contributed by atoms with Gasteiger partial charge in [-0.1, -0.05) is 13.8 Å². The summed E-state index contributed by atoms with van der Waals surface area (Å²) < 4.78 is 2.22. The summed E-state index contributed by atoms with van der Waals surface area (Å²) in [5, 5.41) is 0. The molecule has 5 heterocycles. The van der Waals surface area contributed by atoms with Crippen LogP contribution in [0, 0.1) is 12.8 Å². The molecule has 6 nitrogen and oxygen atoms in total. The van der Waals surface area contributed by atoms with Gasteiger partial charge in [0.15, 0.2) is 5.82 Å². The van der Waals surface area contributed by atoms with Gasteiger partial charge in [-0.3, -0.25) is 4.79 Å². The molecule has 1 saturated heterocycles. The summed E-state index contributed by atoms with van der Waals surface area (Å²) in [6.07, 6.45) is 5.96. The van der Waals surface area contributed by atoms with Crippen LogP contribution in [0.4, 0.5) is 5.69 Å². The molecule has 1 amide bonds. The number of pyridine rings is 1. The van der Waals surface area contributed by atoms with Crippen molar-refractivity contribution in [1.82, 2.24) is 19.4 Å². The Labute approximate surface area is 181 Å². The summed E-state index contributed by atoms with van der Waals surface area (Å²) in [6, 6.07) is 8.48. The fourth-order valence-electron chi connectivity index (χ4n) is 4.87. The van der Waals surface area contributed by atoms with Gasteiger partial charge in [0, 0.05) is 32.0 Å². The molecule has 0 N–H and O–H groups in total. The molecular weight excluding hydrogens is 394 g/mol. The van der Waals surface area contributed by atoms with E-state index in [1.54, 1.807) is 5.51 Å². The summed E-state index contributed by atoms with van der Waals surface area (Å²) in [4.78, 5) is 27.6. The molecule has 1 fully saturated rings. The Bertz CT molecular complexity index is 1090. The number of carbonyl (C=O) groups excluding carboxylic acids is 1. The summed E-state index contributed by atoms with van der Waals surface area (Å²) in [5.41, 5.74) is 4.74. The normalized spacial score (nSPS) is 20.1. The standard InChI is InChI=1S/C23H27N5OS/c1-16(2)8-12-28-18-6-4-10-24-21(18)27-11-5-7-19(27)23(28)9-13-26(14-23)22(29)20-17(3)25-15-30-20/h4-7,10-11,15-16H,8-9,12-14H2,1-3H3/t23-/m0/s1. The zero-order chi connectivity index (χ0) is 20.9. The van der Waals surface area contributed by atoms with Crippen LogP contribution < -0.4 is 4.90 Å². The molecule has 3 aromatic rings. The SMILES string of the molecule is Cc1ncsc1C(=O)N1CC[C@]2(C1)c1cccn1-c1ncccc1N2CCC(C)C. The first-order valence-corrected chi connectivity index (χ1v) is 11.5. The number of thiazole rings is 1. The number of aryl methyl sites for hydroxylation is 1. The third kappa shape index (κ3) is 2.87. The van der Waals surface area contributed by atoms with Crippen molar-refractivity contribution < 1.29 is 4.79 Å². The van der Waals surface area contributed by atoms with E-state index in [9.17, 15) is 4.79 Å². The van der Waals surface area contributed by atoms with E-state index in [0.717, 1.165) is 48.0 Å². The highest BCUT2D eigenvalue weighted by molar-refractivity contribution is 7.11. The minimum absolute atomic E-state index is 0.103. The summed E-state index contributed by atoms with van der Waals surface area (Å²) in [6.45, 7) is 8.82. The van der Waals surface area contributed by atoms with Gasteiger partial charge in [-0.2, -0.15) is 0 Å². The molecule has 1 spiro atoms. The van der Waals surface area contributed by atoms with E-state index >= 15 is 0 Å². The Morgan fingerprint density at radius 2 is 2.13 bits per heavy atom. The van der Waals surface area contributed by atoms with Crippen LogP contribution in [0.3, 0.4) is 0 Å². The molecule has 3 aromatic heterocycles. The van der Waals surface area contributed by atoms with Gasteiger partial charge >= 0.3 is 0 Å². The average molecular weight is 422 g/mol. The highest BCUT2D eigenvalue weighted by Crippen LogP contribution is 2.47. The molecule has 156 valence electrons. The van der Waals surface area contributed by atoms with E-state index < -0.39 is 0 Å². The number of hydrogen-bond donors (Lipinski definition) is 0. The maximum atomic E-state index is 13.3. The van der Waals surface area contributed by atoms with Crippen LogP contribution in [0.2, 0.25) is 0 Å². The zero-order valence-electron chi connectivity index (χ0n) is 17.7. The highest BCUT2D eigenvalue weighted by Gasteiger charge is 2.50. The van der Waals surface area contributed by atoms with Crippen molar-refractivity contribution in [3.05, 3.63) is 58.4 Å². The topological polar surface area (TPSA) is 54.3 Å². The molecule has 0 bridgehead atoms. The highest BCUT2D eigenvalue weighted by atomic mass is 32.1. The van der Waals surface area contributed by atoms with Gasteiger partial charge in [0.2, 0.25) is 0 Å². The average Bonchev–Trinajstić information content (AvgIpc) is 3.47. The monoisotopic (exact) mass is 421 g/mol. The Morgan fingerprint density at radius 3 is 2.90 bits per heavy atom. The number of amides is 1. The third-order valence-corrected chi connectivity index (χ3v) is 7.35. The third-order valence-electron chi connectivity index (χ3n) is 6.43. The number of fused-ring (bicyclic) bond motifs is 4. The first kappa shape index (κ1) is 19.3. The second kappa shape index (κ2) is 7.23. The lowest BCUT2D eigenvalue weighted by atomic mass is 9.88. The zero-order valence-corrected chi connectivity index (χ0v) is 18.5. The van der Waals surface area contributed by atoms with Gasteiger partial charge in [0.1, 0.15) is 10.4 Å².